The number of methoxy groups -OCH3 is 1. The molecule has 24 heavy (non-hydrogen) atoms. The molecular weight excluding hydrogens is 330 g/mol. The minimum Gasteiger partial charge on any atom is -0.495 e. The van der Waals surface area contributed by atoms with E-state index in [1.165, 1.54) is 7.11 Å². The zero-order chi connectivity index (χ0) is 17.3. The van der Waals surface area contributed by atoms with E-state index in [9.17, 15) is 9.59 Å². The Morgan fingerprint density at radius 1 is 1.29 bits per heavy atom. The molecule has 0 spiro atoms. The number of esters is 1. The van der Waals surface area contributed by atoms with Crippen LogP contribution >= 0.6 is 11.6 Å². The summed E-state index contributed by atoms with van der Waals surface area (Å²) in [5.74, 6) is 0.416. The molecule has 128 valence electrons. The molecule has 0 heterocycles. The van der Waals surface area contributed by atoms with Crippen LogP contribution in [0.4, 0.5) is 5.69 Å². The van der Waals surface area contributed by atoms with Gasteiger partial charge in [0.2, 0.25) is 0 Å². The molecule has 3 rings (SSSR count). The van der Waals surface area contributed by atoms with Gasteiger partial charge in [-0.1, -0.05) is 23.8 Å². The normalized spacial score (nSPS) is 24.0. The molecule has 1 fully saturated rings. The average Bonchev–Trinajstić information content (AvgIpc) is 3.19. The highest BCUT2D eigenvalue weighted by molar-refractivity contribution is 6.31. The Morgan fingerprint density at radius 2 is 2.08 bits per heavy atom. The fraction of sp³-hybridized carbons (Fsp3) is 0.444. The molecule has 3 atom stereocenters. The molecular formula is C18H20ClNO4. The Balaban J connectivity index is 1.55. The second-order valence-electron chi connectivity index (χ2n) is 6.34. The number of halogens is 1. The summed E-state index contributed by atoms with van der Waals surface area (Å²) >= 11 is 6.04. The lowest BCUT2D eigenvalue weighted by Gasteiger charge is -2.17. The standard InChI is InChI=1S/C18H20ClNO4/c1-10-5-15(16(23-2)8-14(10)19)20-17(21)9-24-18(22)13-7-11-3-4-12(13)6-11/h3-5,8,11-13H,6-7,9H2,1-2H3,(H,20,21). The first-order valence-electron chi connectivity index (χ1n) is 7.97. The maximum Gasteiger partial charge on any atom is 0.310 e. The summed E-state index contributed by atoms with van der Waals surface area (Å²) < 4.78 is 10.4. The van der Waals surface area contributed by atoms with E-state index >= 15 is 0 Å². The zero-order valence-electron chi connectivity index (χ0n) is 13.7. The van der Waals surface area contributed by atoms with E-state index in [1.807, 2.05) is 6.92 Å². The number of ether oxygens (including phenoxy) is 2. The van der Waals surface area contributed by atoms with Crippen LogP contribution in [0, 0.1) is 24.7 Å². The van der Waals surface area contributed by atoms with Crippen LogP contribution in [0.15, 0.2) is 24.3 Å². The number of allylic oxidation sites excluding steroid dienone is 2. The second kappa shape index (κ2) is 6.85. The van der Waals surface area contributed by atoms with Crippen molar-refractivity contribution in [3.63, 3.8) is 0 Å². The number of rotatable bonds is 5. The molecule has 5 nitrogen and oxygen atoms in total. The fourth-order valence-corrected chi connectivity index (χ4v) is 3.57. The van der Waals surface area contributed by atoms with Gasteiger partial charge in [0.25, 0.3) is 5.91 Å². The molecule has 0 aromatic heterocycles. The molecule has 1 aromatic carbocycles. The van der Waals surface area contributed by atoms with Crippen LogP contribution in [0.1, 0.15) is 18.4 Å². The molecule has 3 unspecified atom stereocenters. The number of fused-ring (bicyclic) bond motifs is 2. The van der Waals surface area contributed by atoms with Crippen LogP contribution in [0.25, 0.3) is 0 Å². The monoisotopic (exact) mass is 349 g/mol. The molecule has 0 aliphatic heterocycles. The third-order valence-electron chi connectivity index (χ3n) is 4.68. The topological polar surface area (TPSA) is 64.6 Å². The van der Waals surface area contributed by atoms with Crippen molar-refractivity contribution in [3.8, 4) is 5.75 Å². The van der Waals surface area contributed by atoms with Crippen LogP contribution in [0.2, 0.25) is 5.02 Å². The number of carbonyl (C=O) groups is 2. The molecule has 2 bridgehead atoms. The SMILES string of the molecule is COc1cc(Cl)c(C)cc1NC(=O)COC(=O)C1CC2C=CC1C2. The molecule has 1 amide bonds. The number of anilines is 1. The van der Waals surface area contributed by atoms with E-state index in [-0.39, 0.29) is 24.4 Å². The molecule has 1 N–H and O–H groups in total. The van der Waals surface area contributed by atoms with Gasteiger partial charge in [0.05, 0.1) is 18.7 Å². The summed E-state index contributed by atoms with van der Waals surface area (Å²) in [5, 5.41) is 3.25. The van der Waals surface area contributed by atoms with Gasteiger partial charge in [0.1, 0.15) is 5.75 Å². The Labute approximate surface area is 146 Å². The van der Waals surface area contributed by atoms with Gasteiger partial charge in [0.15, 0.2) is 6.61 Å². The number of hydrogen-bond donors (Lipinski definition) is 1. The highest BCUT2D eigenvalue weighted by Crippen LogP contribution is 2.43. The number of benzene rings is 1. The minimum atomic E-state index is -0.401. The Hall–Kier alpha value is -2.01. The van der Waals surface area contributed by atoms with E-state index in [1.54, 1.807) is 12.1 Å². The van der Waals surface area contributed by atoms with Crippen LogP contribution in [-0.2, 0) is 14.3 Å². The van der Waals surface area contributed by atoms with Crippen molar-refractivity contribution < 1.29 is 19.1 Å². The van der Waals surface area contributed by atoms with E-state index in [4.69, 9.17) is 21.1 Å². The molecule has 2 aliphatic rings. The lowest BCUT2D eigenvalue weighted by molar-refractivity contribution is -0.152. The largest absolute Gasteiger partial charge is 0.495 e. The third-order valence-corrected chi connectivity index (χ3v) is 5.09. The highest BCUT2D eigenvalue weighted by Gasteiger charge is 2.40. The van der Waals surface area contributed by atoms with Gasteiger partial charge in [0, 0.05) is 11.1 Å². The lowest BCUT2D eigenvalue weighted by Crippen LogP contribution is -2.26. The quantitative estimate of drug-likeness (QED) is 0.654. The number of amides is 1. The van der Waals surface area contributed by atoms with E-state index in [2.05, 4.69) is 17.5 Å². The summed E-state index contributed by atoms with van der Waals surface area (Å²) in [6.45, 7) is 1.53. The van der Waals surface area contributed by atoms with Crippen LogP contribution < -0.4 is 10.1 Å². The van der Waals surface area contributed by atoms with E-state index in [0.717, 1.165) is 18.4 Å². The molecule has 0 saturated heterocycles. The van der Waals surface area contributed by atoms with Crippen LogP contribution in [0.5, 0.6) is 5.75 Å². The second-order valence-corrected chi connectivity index (χ2v) is 6.75. The van der Waals surface area contributed by atoms with Crippen molar-refractivity contribution in [1.82, 2.24) is 0 Å². The first kappa shape index (κ1) is 16.8. The molecule has 6 heteroatoms. The predicted octanol–water partition coefficient (Wildman–Crippen LogP) is 3.35. The van der Waals surface area contributed by atoms with Gasteiger partial charge in [-0.15, -0.1) is 0 Å². The van der Waals surface area contributed by atoms with Crippen molar-refractivity contribution in [2.45, 2.75) is 19.8 Å². The first-order chi connectivity index (χ1) is 11.5. The van der Waals surface area contributed by atoms with Gasteiger partial charge in [-0.2, -0.15) is 0 Å². The summed E-state index contributed by atoms with van der Waals surface area (Å²) in [6.07, 6.45) is 6.09. The Bertz CT molecular complexity index is 701. The van der Waals surface area contributed by atoms with Gasteiger partial charge in [-0.05, 0) is 43.2 Å². The molecule has 1 aromatic rings. The van der Waals surface area contributed by atoms with Gasteiger partial charge in [-0.3, -0.25) is 9.59 Å². The van der Waals surface area contributed by atoms with Gasteiger partial charge >= 0.3 is 5.97 Å². The minimum absolute atomic E-state index is 0.111. The Kier molecular flexibility index (Phi) is 4.81. The van der Waals surface area contributed by atoms with E-state index < -0.39 is 5.91 Å². The van der Waals surface area contributed by atoms with Crippen molar-refractivity contribution in [2.75, 3.05) is 19.0 Å². The number of aryl methyl sites for hydroxylation is 1. The summed E-state index contributed by atoms with van der Waals surface area (Å²) in [7, 11) is 1.50. The number of hydrogen-bond acceptors (Lipinski definition) is 4. The number of carbonyl (C=O) groups excluding carboxylic acids is 2. The maximum absolute atomic E-state index is 12.1. The predicted molar refractivity (Wildman–Crippen MR) is 91.2 cm³/mol. The first-order valence-corrected chi connectivity index (χ1v) is 8.34. The van der Waals surface area contributed by atoms with Crippen LogP contribution in [-0.4, -0.2) is 25.6 Å². The summed E-state index contributed by atoms with van der Waals surface area (Å²) in [6, 6.07) is 3.36. The summed E-state index contributed by atoms with van der Waals surface area (Å²) in [4.78, 5) is 24.2. The van der Waals surface area contributed by atoms with Crippen molar-refractivity contribution in [2.24, 2.45) is 17.8 Å². The Morgan fingerprint density at radius 3 is 2.71 bits per heavy atom. The fourth-order valence-electron chi connectivity index (χ4n) is 3.41. The zero-order valence-corrected chi connectivity index (χ0v) is 14.4. The lowest BCUT2D eigenvalue weighted by atomic mass is 9.94. The third kappa shape index (κ3) is 3.41. The molecule has 1 saturated carbocycles. The molecule has 2 aliphatic carbocycles. The highest BCUT2D eigenvalue weighted by atomic mass is 35.5. The number of nitrogens with one attached hydrogen (secondary N) is 1. The molecule has 0 radical (unpaired) electrons. The van der Waals surface area contributed by atoms with Crippen molar-refractivity contribution in [3.05, 3.63) is 34.9 Å². The van der Waals surface area contributed by atoms with Crippen molar-refractivity contribution in [1.29, 1.82) is 0 Å². The van der Waals surface area contributed by atoms with Gasteiger partial charge < -0.3 is 14.8 Å². The van der Waals surface area contributed by atoms with Crippen LogP contribution in [0.3, 0.4) is 0 Å². The van der Waals surface area contributed by atoms with Gasteiger partial charge in [-0.25, -0.2) is 0 Å². The maximum atomic E-state index is 12.1. The van der Waals surface area contributed by atoms with Crippen molar-refractivity contribution >= 4 is 29.2 Å². The smallest absolute Gasteiger partial charge is 0.310 e. The average molecular weight is 350 g/mol. The van der Waals surface area contributed by atoms with E-state index in [0.29, 0.717) is 22.4 Å². The summed E-state index contributed by atoms with van der Waals surface area (Å²) in [5.41, 5.74) is 1.32.